The monoisotopic (exact) mass is 326 g/mol. The molecule has 1 amide bonds. The number of pyridine rings is 1. The topological polar surface area (TPSA) is 42.0 Å². The third-order valence-electron chi connectivity index (χ3n) is 4.65. The minimum atomic E-state index is 0.0929. The zero-order valence-corrected chi connectivity index (χ0v) is 15.6. The van der Waals surface area contributed by atoms with Crippen molar-refractivity contribution >= 4 is 16.8 Å². The van der Waals surface area contributed by atoms with E-state index in [-0.39, 0.29) is 11.9 Å². The van der Waals surface area contributed by atoms with Crippen molar-refractivity contribution in [2.24, 2.45) is 5.92 Å². The van der Waals surface area contributed by atoms with Crippen LogP contribution in [0.5, 0.6) is 0 Å². The summed E-state index contributed by atoms with van der Waals surface area (Å²) in [5, 5.41) is 4.27. The Balaban J connectivity index is 2.02. The summed E-state index contributed by atoms with van der Waals surface area (Å²) >= 11 is 0. The van der Waals surface area contributed by atoms with Crippen molar-refractivity contribution in [2.45, 2.75) is 66.3 Å². The van der Waals surface area contributed by atoms with Crippen molar-refractivity contribution in [3.8, 4) is 0 Å². The Morgan fingerprint density at radius 2 is 1.83 bits per heavy atom. The molecule has 1 aromatic heterocycles. The minimum Gasteiger partial charge on any atom is -0.353 e. The molecular weight excluding hydrogens is 296 g/mol. The van der Waals surface area contributed by atoms with E-state index in [0.29, 0.717) is 6.42 Å². The smallest absolute Gasteiger partial charge is 0.224 e. The Labute approximate surface area is 145 Å². The highest BCUT2D eigenvalue weighted by Crippen LogP contribution is 2.23. The summed E-state index contributed by atoms with van der Waals surface area (Å²) in [7, 11) is 0. The van der Waals surface area contributed by atoms with Crippen LogP contribution in [0.25, 0.3) is 10.9 Å². The van der Waals surface area contributed by atoms with E-state index >= 15 is 0 Å². The molecule has 0 aliphatic heterocycles. The molecule has 1 atom stereocenters. The third kappa shape index (κ3) is 4.80. The van der Waals surface area contributed by atoms with Crippen LogP contribution in [0.4, 0.5) is 0 Å². The lowest BCUT2D eigenvalue weighted by Crippen LogP contribution is -2.34. The van der Waals surface area contributed by atoms with Crippen LogP contribution in [0.3, 0.4) is 0 Å². The number of carbonyl (C=O) groups is 1. The maximum atomic E-state index is 12.4. The van der Waals surface area contributed by atoms with E-state index in [1.54, 1.807) is 0 Å². The molecule has 0 spiro atoms. The molecule has 2 rings (SSSR count). The minimum absolute atomic E-state index is 0.0929. The predicted molar refractivity (Wildman–Crippen MR) is 101 cm³/mol. The average molecular weight is 326 g/mol. The molecule has 2 aromatic rings. The number of aryl methyl sites for hydroxylation is 2. The molecule has 0 aliphatic carbocycles. The first-order valence-corrected chi connectivity index (χ1v) is 9.02. The molecular formula is C21H30N2O. The van der Waals surface area contributed by atoms with Crippen molar-refractivity contribution in [3.05, 3.63) is 41.1 Å². The molecule has 3 nitrogen and oxygen atoms in total. The average Bonchev–Trinajstić information content (AvgIpc) is 2.51. The highest BCUT2D eigenvalue weighted by molar-refractivity contribution is 5.86. The first-order valence-electron chi connectivity index (χ1n) is 9.02. The Kier molecular flexibility index (Phi) is 6.36. The fraction of sp³-hybridized carbons (Fsp3) is 0.524. The molecule has 0 radical (unpaired) electrons. The molecule has 1 N–H and O–H groups in total. The van der Waals surface area contributed by atoms with Crippen LogP contribution in [-0.2, 0) is 11.2 Å². The van der Waals surface area contributed by atoms with E-state index in [9.17, 15) is 4.79 Å². The number of para-hydroxylation sites is 1. The van der Waals surface area contributed by atoms with Gasteiger partial charge in [0, 0.05) is 17.1 Å². The van der Waals surface area contributed by atoms with Gasteiger partial charge in [0.1, 0.15) is 0 Å². The second kappa shape index (κ2) is 8.27. The number of aromatic nitrogens is 1. The lowest BCUT2D eigenvalue weighted by Gasteiger charge is -2.16. The standard InChI is InChI=1S/C21H30N2O/c1-14(2)9-8-10-15(3)22-21(24)13-19-16(4)18-11-6-7-12-20(18)23-17(19)5/h6-7,11-12,14-15H,8-10,13H2,1-5H3,(H,22,24). The Morgan fingerprint density at radius 1 is 1.12 bits per heavy atom. The molecule has 0 saturated heterocycles. The molecule has 0 saturated carbocycles. The van der Waals surface area contributed by atoms with Crippen LogP contribution in [0.1, 0.15) is 56.9 Å². The van der Waals surface area contributed by atoms with Crippen LogP contribution >= 0.6 is 0 Å². The summed E-state index contributed by atoms with van der Waals surface area (Å²) in [4.78, 5) is 17.1. The third-order valence-corrected chi connectivity index (χ3v) is 4.65. The van der Waals surface area contributed by atoms with Crippen molar-refractivity contribution in [1.82, 2.24) is 10.3 Å². The van der Waals surface area contributed by atoms with E-state index in [1.807, 2.05) is 25.1 Å². The van der Waals surface area contributed by atoms with E-state index in [4.69, 9.17) is 0 Å². The van der Waals surface area contributed by atoms with E-state index in [2.05, 4.69) is 44.1 Å². The summed E-state index contributed by atoms with van der Waals surface area (Å²) in [6, 6.07) is 8.35. The lowest BCUT2D eigenvalue weighted by atomic mass is 9.99. The van der Waals surface area contributed by atoms with E-state index < -0.39 is 0 Å². The zero-order chi connectivity index (χ0) is 17.7. The van der Waals surface area contributed by atoms with Crippen LogP contribution in [-0.4, -0.2) is 16.9 Å². The molecule has 130 valence electrons. The maximum absolute atomic E-state index is 12.4. The molecule has 3 heteroatoms. The summed E-state index contributed by atoms with van der Waals surface area (Å²) in [5.74, 6) is 0.817. The van der Waals surface area contributed by atoms with Crippen molar-refractivity contribution in [2.75, 3.05) is 0 Å². The predicted octanol–water partition coefficient (Wildman–Crippen LogP) is 4.73. The molecule has 24 heavy (non-hydrogen) atoms. The zero-order valence-electron chi connectivity index (χ0n) is 15.6. The normalized spacial score (nSPS) is 12.6. The highest BCUT2D eigenvalue weighted by atomic mass is 16.1. The summed E-state index contributed by atoms with van der Waals surface area (Å²) in [6.07, 6.45) is 3.82. The van der Waals surface area contributed by atoms with E-state index in [1.165, 1.54) is 12.0 Å². The fourth-order valence-corrected chi connectivity index (χ4v) is 3.22. The van der Waals surface area contributed by atoms with Crippen molar-refractivity contribution in [3.63, 3.8) is 0 Å². The van der Waals surface area contributed by atoms with Gasteiger partial charge >= 0.3 is 0 Å². The number of amides is 1. The first-order chi connectivity index (χ1) is 11.4. The lowest BCUT2D eigenvalue weighted by molar-refractivity contribution is -0.121. The van der Waals surface area contributed by atoms with Gasteiger partial charge in [-0.2, -0.15) is 0 Å². The van der Waals surface area contributed by atoms with Gasteiger partial charge in [-0.3, -0.25) is 9.78 Å². The van der Waals surface area contributed by atoms with Gasteiger partial charge in [0.2, 0.25) is 5.91 Å². The number of fused-ring (bicyclic) bond motifs is 1. The molecule has 0 bridgehead atoms. The Hall–Kier alpha value is -1.90. The molecule has 0 aliphatic rings. The van der Waals surface area contributed by atoms with Crippen LogP contribution in [0, 0.1) is 19.8 Å². The van der Waals surface area contributed by atoms with E-state index in [0.717, 1.165) is 40.9 Å². The number of carbonyl (C=O) groups excluding carboxylic acids is 1. The van der Waals surface area contributed by atoms with Crippen molar-refractivity contribution in [1.29, 1.82) is 0 Å². The van der Waals surface area contributed by atoms with Gasteiger partial charge in [0.05, 0.1) is 11.9 Å². The van der Waals surface area contributed by atoms with Gasteiger partial charge in [-0.1, -0.05) is 44.9 Å². The molecule has 0 fully saturated rings. The quantitative estimate of drug-likeness (QED) is 0.799. The van der Waals surface area contributed by atoms with Crippen LogP contribution in [0.15, 0.2) is 24.3 Å². The first kappa shape index (κ1) is 18.4. The van der Waals surface area contributed by atoms with Gasteiger partial charge in [0.15, 0.2) is 0 Å². The van der Waals surface area contributed by atoms with Gasteiger partial charge < -0.3 is 5.32 Å². The second-order valence-corrected chi connectivity index (χ2v) is 7.29. The maximum Gasteiger partial charge on any atom is 0.224 e. The van der Waals surface area contributed by atoms with Gasteiger partial charge in [0.25, 0.3) is 0 Å². The SMILES string of the molecule is Cc1nc2ccccc2c(C)c1CC(=O)NC(C)CCCC(C)C. The van der Waals surface area contributed by atoms with Crippen LogP contribution in [0.2, 0.25) is 0 Å². The number of nitrogens with zero attached hydrogens (tertiary/aromatic N) is 1. The molecule has 1 aromatic carbocycles. The summed E-state index contributed by atoms with van der Waals surface area (Å²) in [6.45, 7) is 10.7. The number of hydrogen-bond acceptors (Lipinski definition) is 2. The summed E-state index contributed by atoms with van der Waals surface area (Å²) in [5.41, 5.74) is 4.17. The Morgan fingerprint density at radius 3 is 2.54 bits per heavy atom. The van der Waals surface area contributed by atoms with Gasteiger partial charge in [-0.25, -0.2) is 0 Å². The van der Waals surface area contributed by atoms with Crippen molar-refractivity contribution < 1.29 is 4.79 Å². The Bertz CT molecular complexity index is 706. The van der Waals surface area contributed by atoms with Crippen LogP contribution < -0.4 is 5.32 Å². The molecule has 1 unspecified atom stereocenters. The highest BCUT2D eigenvalue weighted by Gasteiger charge is 2.14. The second-order valence-electron chi connectivity index (χ2n) is 7.29. The fourth-order valence-electron chi connectivity index (χ4n) is 3.22. The largest absolute Gasteiger partial charge is 0.353 e. The molecule has 1 heterocycles. The number of rotatable bonds is 7. The van der Waals surface area contributed by atoms with Gasteiger partial charge in [-0.05, 0) is 50.3 Å². The number of nitrogens with one attached hydrogen (secondary N) is 1. The van der Waals surface area contributed by atoms with Gasteiger partial charge in [-0.15, -0.1) is 0 Å². The summed E-state index contributed by atoms with van der Waals surface area (Å²) < 4.78 is 0. The number of benzene rings is 1. The number of hydrogen-bond donors (Lipinski definition) is 1.